The van der Waals surface area contributed by atoms with E-state index >= 15 is 0 Å². The van der Waals surface area contributed by atoms with Crippen molar-refractivity contribution in [3.63, 3.8) is 0 Å². The van der Waals surface area contributed by atoms with E-state index in [1.807, 2.05) is 0 Å². The third-order valence-corrected chi connectivity index (χ3v) is 1.31. The fraction of sp³-hybridized carbons (Fsp3) is 0. The molecule has 11 heavy (non-hydrogen) atoms. The van der Waals surface area contributed by atoms with Crippen molar-refractivity contribution in [3.8, 4) is 0 Å². The van der Waals surface area contributed by atoms with Gasteiger partial charge in [-0.25, -0.2) is 0 Å². The van der Waals surface area contributed by atoms with Crippen LogP contribution in [0, 0.1) is 0 Å². The van der Waals surface area contributed by atoms with Crippen LogP contribution in [-0.2, 0) is 0 Å². The second-order valence-corrected chi connectivity index (χ2v) is 2.09. The van der Waals surface area contributed by atoms with E-state index in [0.29, 0.717) is 0 Å². The van der Waals surface area contributed by atoms with Gasteiger partial charge in [0, 0.05) is 0 Å². The topological polar surface area (TPSA) is 62.8 Å². The van der Waals surface area contributed by atoms with Crippen LogP contribution in [0.3, 0.4) is 0 Å². The number of rotatable bonds is 2. The van der Waals surface area contributed by atoms with Crippen molar-refractivity contribution in [2.24, 2.45) is 5.16 Å². The monoisotopic (exact) mass is 173 g/mol. The average molecular weight is 174 g/mol. The Morgan fingerprint density at radius 3 is 2.91 bits per heavy atom. The maximum Gasteiger partial charge on any atom is 0.229 e. The molecule has 0 aliphatic carbocycles. The Hall–Kier alpha value is -1.29. The van der Waals surface area contributed by atoms with E-state index in [0.717, 1.165) is 0 Å². The lowest BCUT2D eigenvalue weighted by molar-refractivity contribution is 0.106. The van der Waals surface area contributed by atoms with E-state index in [4.69, 9.17) is 16.8 Å². The first-order valence-electron chi connectivity index (χ1n) is 2.70. The van der Waals surface area contributed by atoms with Crippen LogP contribution in [0.5, 0.6) is 0 Å². The third-order valence-electron chi connectivity index (χ3n) is 1.06. The summed E-state index contributed by atoms with van der Waals surface area (Å²) in [6.07, 6.45) is 2.55. The van der Waals surface area contributed by atoms with Crippen LogP contribution in [0.15, 0.2) is 28.2 Å². The molecule has 0 saturated heterocycles. The van der Waals surface area contributed by atoms with E-state index in [-0.39, 0.29) is 5.56 Å². The summed E-state index contributed by atoms with van der Waals surface area (Å²) >= 11 is 5.22. The Labute approximate surface area is 67.1 Å². The van der Waals surface area contributed by atoms with Gasteiger partial charge in [0.1, 0.15) is 6.26 Å². The Morgan fingerprint density at radius 1 is 1.73 bits per heavy atom. The number of hydrogen-bond acceptors (Lipinski definition) is 4. The first kappa shape index (κ1) is 7.81. The number of hydrogen-bond donors (Lipinski definition) is 1. The molecule has 4 nitrogen and oxygen atoms in total. The molecule has 0 fully saturated rings. The minimum absolute atomic E-state index is 0.257. The number of oxime groups is 1. The normalized spacial score (nSPS) is 11.5. The van der Waals surface area contributed by atoms with Gasteiger partial charge in [-0.2, -0.15) is 0 Å². The Morgan fingerprint density at radius 2 is 2.45 bits per heavy atom. The Kier molecular flexibility index (Phi) is 2.28. The molecular formula is C6H4ClNO3. The van der Waals surface area contributed by atoms with Gasteiger partial charge >= 0.3 is 0 Å². The van der Waals surface area contributed by atoms with Crippen LogP contribution in [0.4, 0.5) is 0 Å². The van der Waals surface area contributed by atoms with E-state index in [1.54, 1.807) is 0 Å². The zero-order valence-corrected chi connectivity index (χ0v) is 6.08. The molecule has 0 amide bonds. The number of carbonyl (C=O) groups is 1. The predicted molar refractivity (Wildman–Crippen MR) is 38.1 cm³/mol. The first-order chi connectivity index (χ1) is 5.25. The smallest absolute Gasteiger partial charge is 0.229 e. The molecule has 5 heteroatoms. The van der Waals surface area contributed by atoms with Crippen molar-refractivity contribution in [3.05, 3.63) is 24.2 Å². The second-order valence-electron chi connectivity index (χ2n) is 1.73. The summed E-state index contributed by atoms with van der Waals surface area (Å²) in [7, 11) is 0. The lowest BCUT2D eigenvalue weighted by Crippen LogP contribution is -2.06. The number of furan rings is 1. The van der Waals surface area contributed by atoms with Crippen LogP contribution in [0.2, 0.25) is 0 Å². The van der Waals surface area contributed by atoms with Crippen molar-refractivity contribution in [1.29, 1.82) is 0 Å². The maximum absolute atomic E-state index is 11.0. The van der Waals surface area contributed by atoms with E-state index in [9.17, 15) is 4.79 Å². The van der Waals surface area contributed by atoms with Crippen molar-refractivity contribution >= 4 is 22.6 Å². The molecule has 0 aliphatic heterocycles. The summed E-state index contributed by atoms with van der Waals surface area (Å²) in [5.74, 6) is -0.567. The third kappa shape index (κ3) is 1.59. The maximum atomic E-state index is 11.0. The molecule has 0 bridgehead atoms. The molecule has 1 rings (SSSR count). The predicted octanol–water partition coefficient (Wildman–Crippen LogP) is 1.49. The fourth-order valence-corrected chi connectivity index (χ4v) is 0.667. The van der Waals surface area contributed by atoms with Gasteiger partial charge in [-0.05, 0) is 6.07 Å². The molecule has 1 heterocycles. The van der Waals surface area contributed by atoms with Crippen LogP contribution in [0.25, 0.3) is 0 Å². The average Bonchev–Trinajstić information content (AvgIpc) is 2.53. The van der Waals surface area contributed by atoms with Gasteiger partial charge in [-0.1, -0.05) is 16.8 Å². The lowest BCUT2D eigenvalue weighted by Gasteiger charge is -1.88. The fourth-order valence-electron chi connectivity index (χ4n) is 0.558. The van der Waals surface area contributed by atoms with Crippen LogP contribution in [0.1, 0.15) is 10.4 Å². The number of ketones is 1. The molecule has 0 aliphatic rings. The van der Waals surface area contributed by atoms with Crippen molar-refractivity contribution < 1.29 is 14.4 Å². The van der Waals surface area contributed by atoms with Gasteiger partial charge in [0.25, 0.3) is 0 Å². The zero-order valence-electron chi connectivity index (χ0n) is 5.32. The molecule has 1 aromatic rings. The highest BCUT2D eigenvalue weighted by Gasteiger charge is 2.12. The molecule has 0 unspecified atom stereocenters. The molecule has 0 atom stereocenters. The lowest BCUT2D eigenvalue weighted by atomic mass is 10.2. The number of carbonyl (C=O) groups excluding carboxylic acids is 1. The highest BCUT2D eigenvalue weighted by molar-refractivity contribution is 6.84. The Bertz CT molecular complexity index is 278. The van der Waals surface area contributed by atoms with E-state index in [1.165, 1.54) is 18.6 Å². The minimum atomic E-state index is -0.567. The summed E-state index contributed by atoms with van der Waals surface area (Å²) in [4.78, 5) is 11.0. The molecule has 0 saturated carbocycles. The van der Waals surface area contributed by atoms with Crippen LogP contribution < -0.4 is 0 Å². The molecule has 1 N–H and O–H groups in total. The van der Waals surface area contributed by atoms with Crippen LogP contribution >= 0.6 is 11.6 Å². The molecular weight excluding hydrogens is 170 g/mol. The Balaban J connectivity index is 2.87. The van der Waals surface area contributed by atoms with Crippen molar-refractivity contribution in [1.82, 2.24) is 0 Å². The minimum Gasteiger partial charge on any atom is -0.472 e. The summed E-state index contributed by atoms with van der Waals surface area (Å²) in [6.45, 7) is 0. The standard InChI is InChI=1S/C6H4ClNO3/c7-6(8-10)5(9)4-1-2-11-3-4/h1-3,10H. The quantitative estimate of drug-likeness (QED) is 0.319. The summed E-state index contributed by atoms with van der Waals surface area (Å²) in [6, 6.07) is 1.43. The van der Waals surface area contributed by atoms with Gasteiger partial charge < -0.3 is 9.62 Å². The largest absolute Gasteiger partial charge is 0.472 e. The van der Waals surface area contributed by atoms with Gasteiger partial charge in [0.2, 0.25) is 11.0 Å². The highest BCUT2D eigenvalue weighted by atomic mass is 35.5. The molecule has 1 aromatic heterocycles. The van der Waals surface area contributed by atoms with Gasteiger partial charge in [0.15, 0.2) is 0 Å². The number of Topliss-reactive ketones (excluding diaryl/α,β-unsaturated/α-hetero) is 1. The summed E-state index contributed by atoms with van der Waals surface area (Å²) in [5, 5.41) is 10.2. The summed E-state index contributed by atoms with van der Waals surface area (Å²) < 4.78 is 4.61. The first-order valence-corrected chi connectivity index (χ1v) is 3.08. The number of halogens is 1. The second kappa shape index (κ2) is 3.21. The molecule has 58 valence electrons. The molecule has 0 aromatic carbocycles. The number of nitrogens with zero attached hydrogens (tertiary/aromatic N) is 1. The van der Waals surface area contributed by atoms with E-state index in [2.05, 4.69) is 9.57 Å². The van der Waals surface area contributed by atoms with E-state index < -0.39 is 11.0 Å². The SMILES string of the molecule is O=C(C(Cl)=NO)c1ccoc1. The zero-order chi connectivity index (χ0) is 8.27. The molecule has 0 radical (unpaired) electrons. The van der Waals surface area contributed by atoms with Gasteiger partial charge in [-0.3, -0.25) is 4.79 Å². The van der Waals surface area contributed by atoms with Crippen molar-refractivity contribution in [2.75, 3.05) is 0 Å². The van der Waals surface area contributed by atoms with Gasteiger partial charge in [0.05, 0.1) is 11.8 Å². The summed E-state index contributed by atoms with van der Waals surface area (Å²) in [5.41, 5.74) is 0.257. The highest BCUT2D eigenvalue weighted by Crippen LogP contribution is 2.04. The van der Waals surface area contributed by atoms with Gasteiger partial charge in [-0.15, -0.1) is 0 Å². The molecule has 0 spiro atoms. The van der Waals surface area contributed by atoms with Crippen molar-refractivity contribution in [2.45, 2.75) is 0 Å². The van der Waals surface area contributed by atoms with Crippen LogP contribution in [-0.4, -0.2) is 16.2 Å².